The molecule has 0 spiro atoms. The fourth-order valence-electron chi connectivity index (χ4n) is 1.85. The lowest BCUT2D eigenvalue weighted by atomic mass is 10.2. The van der Waals surface area contributed by atoms with Crippen LogP contribution >= 0.6 is 0 Å². The summed E-state index contributed by atoms with van der Waals surface area (Å²) in [6.45, 7) is 5.87. The second kappa shape index (κ2) is 9.29. The predicted octanol–water partition coefficient (Wildman–Crippen LogP) is 4.11. The Morgan fingerprint density at radius 2 is 1.56 bits per heavy atom. The van der Waals surface area contributed by atoms with Gasteiger partial charge in [0.15, 0.2) is 0 Å². The average molecular weight is 338 g/mol. The molecule has 0 aromatic heterocycles. The van der Waals surface area contributed by atoms with Crippen LogP contribution in [0.1, 0.15) is 24.5 Å². The van der Waals surface area contributed by atoms with Crippen molar-refractivity contribution in [1.82, 2.24) is 0 Å². The van der Waals surface area contributed by atoms with E-state index in [-0.39, 0.29) is 11.8 Å². The number of carbonyl (C=O) groups is 1. The maximum atomic E-state index is 12.8. The Morgan fingerprint density at radius 3 is 2.12 bits per heavy atom. The van der Waals surface area contributed by atoms with Crippen molar-refractivity contribution in [3.63, 3.8) is 0 Å². The molecule has 0 unspecified atom stereocenters. The van der Waals surface area contributed by atoms with E-state index in [0.717, 1.165) is 16.9 Å². The Morgan fingerprint density at radius 1 is 1.00 bits per heavy atom. The molecule has 2 aromatic rings. The Hall–Kier alpha value is -3.06. The van der Waals surface area contributed by atoms with Gasteiger partial charge >= 0.3 is 5.97 Å². The first kappa shape index (κ1) is 18.3. The topological polar surface area (TPSA) is 35.5 Å². The van der Waals surface area contributed by atoms with Crippen molar-refractivity contribution in [3.8, 4) is 17.6 Å². The summed E-state index contributed by atoms with van der Waals surface area (Å²) < 4.78 is 23.4. The molecule has 0 aliphatic rings. The lowest BCUT2D eigenvalue weighted by Crippen LogP contribution is -2.09. The van der Waals surface area contributed by atoms with E-state index in [1.807, 2.05) is 24.3 Å². The lowest BCUT2D eigenvalue weighted by Gasteiger charge is -2.07. The number of rotatable bonds is 6. The molecule has 25 heavy (non-hydrogen) atoms. The van der Waals surface area contributed by atoms with E-state index in [2.05, 4.69) is 18.4 Å². The molecule has 0 saturated heterocycles. The number of hydrogen-bond donors (Lipinski definition) is 0. The highest BCUT2D eigenvalue weighted by atomic mass is 19.1. The molecule has 0 fully saturated rings. The van der Waals surface area contributed by atoms with Crippen molar-refractivity contribution in [2.24, 2.45) is 0 Å². The van der Waals surface area contributed by atoms with Crippen LogP contribution in [0.4, 0.5) is 4.39 Å². The number of carbonyl (C=O) groups excluding carboxylic acids is 1. The summed E-state index contributed by atoms with van der Waals surface area (Å²) in [4.78, 5) is 11.2. The van der Waals surface area contributed by atoms with Gasteiger partial charge in [-0.1, -0.05) is 18.4 Å². The molecule has 0 atom stereocenters. The number of benzene rings is 2. The Kier molecular flexibility index (Phi) is 6.79. The minimum atomic E-state index is -0.385. The van der Waals surface area contributed by atoms with Gasteiger partial charge in [-0.25, -0.2) is 9.18 Å². The number of halogens is 1. The van der Waals surface area contributed by atoms with Gasteiger partial charge in [-0.2, -0.15) is 0 Å². The van der Waals surface area contributed by atoms with Crippen LogP contribution in [0.3, 0.4) is 0 Å². The van der Waals surface area contributed by atoms with Crippen molar-refractivity contribution in [2.45, 2.75) is 13.3 Å². The van der Waals surface area contributed by atoms with Crippen LogP contribution < -0.4 is 4.74 Å². The smallest absolute Gasteiger partial charge is 0.333 e. The van der Waals surface area contributed by atoms with Crippen LogP contribution in [0.2, 0.25) is 0 Å². The zero-order valence-corrected chi connectivity index (χ0v) is 14.0. The summed E-state index contributed by atoms with van der Waals surface area (Å²) in [7, 11) is 0. The van der Waals surface area contributed by atoms with Gasteiger partial charge in [0.25, 0.3) is 0 Å². The fourth-order valence-corrected chi connectivity index (χ4v) is 1.85. The Bertz CT molecular complexity index is 781. The largest absolute Gasteiger partial charge is 0.493 e. The van der Waals surface area contributed by atoms with Crippen molar-refractivity contribution in [2.75, 3.05) is 13.2 Å². The van der Waals surface area contributed by atoms with Crippen molar-refractivity contribution < 1.29 is 18.7 Å². The first-order valence-electron chi connectivity index (χ1n) is 7.87. The molecule has 128 valence electrons. The highest BCUT2D eigenvalue weighted by molar-refractivity contribution is 5.86. The van der Waals surface area contributed by atoms with Gasteiger partial charge in [-0.05, 0) is 55.5 Å². The van der Waals surface area contributed by atoms with Crippen molar-refractivity contribution in [1.29, 1.82) is 0 Å². The van der Waals surface area contributed by atoms with Crippen molar-refractivity contribution >= 4 is 5.97 Å². The molecule has 0 saturated carbocycles. The minimum Gasteiger partial charge on any atom is -0.493 e. The monoisotopic (exact) mass is 338 g/mol. The van der Waals surface area contributed by atoms with Crippen LogP contribution in [-0.4, -0.2) is 19.2 Å². The molecule has 0 N–H and O–H groups in total. The third kappa shape index (κ3) is 6.52. The van der Waals surface area contributed by atoms with E-state index in [1.54, 1.807) is 19.1 Å². The van der Waals surface area contributed by atoms with E-state index < -0.39 is 0 Å². The van der Waals surface area contributed by atoms with Gasteiger partial charge in [-0.15, -0.1) is 0 Å². The SMILES string of the molecule is C=C(C)C(=O)OCCCOc1ccc(C#Cc2ccc(F)cc2)cc1. The van der Waals surface area contributed by atoms with Crippen LogP contribution in [0.25, 0.3) is 0 Å². The zero-order chi connectivity index (χ0) is 18.1. The quantitative estimate of drug-likeness (QED) is 0.344. The summed E-state index contributed by atoms with van der Waals surface area (Å²) in [6, 6.07) is 13.4. The summed E-state index contributed by atoms with van der Waals surface area (Å²) in [5.74, 6) is 6.05. The minimum absolute atomic E-state index is 0.276. The van der Waals surface area contributed by atoms with Crippen LogP contribution in [0.15, 0.2) is 60.7 Å². The highest BCUT2D eigenvalue weighted by Crippen LogP contribution is 2.12. The van der Waals surface area contributed by atoms with E-state index in [0.29, 0.717) is 25.2 Å². The van der Waals surface area contributed by atoms with Crippen LogP contribution in [-0.2, 0) is 9.53 Å². The summed E-state index contributed by atoms with van der Waals surface area (Å²) >= 11 is 0. The van der Waals surface area contributed by atoms with Gasteiger partial charge in [0, 0.05) is 23.1 Å². The van der Waals surface area contributed by atoms with Gasteiger partial charge in [0.1, 0.15) is 11.6 Å². The zero-order valence-electron chi connectivity index (χ0n) is 14.0. The lowest BCUT2D eigenvalue weighted by molar-refractivity contribution is -0.139. The molecule has 0 heterocycles. The molecule has 4 heteroatoms. The van der Waals surface area contributed by atoms with Crippen molar-refractivity contribution in [3.05, 3.63) is 77.6 Å². The number of hydrogen-bond acceptors (Lipinski definition) is 3. The van der Waals surface area contributed by atoms with E-state index in [9.17, 15) is 9.18 Å². The molecule has 0 aliphatic carbocycles. The summed E-state index contributed by atoms with van der Waals surface area (Å²) in [6.07, 6.45) is 0.602. The number of esters is 1. The highest BCUT2D eigenvalue weighted by Gasteiger charge is 2.02. The first-order valence-corrected chi connectivity index (χ1v) is 7.87. The van der Waals surface area contributed by atoms with Gasteiger partial charge in [0.05, 0.1) is 13.2 Å². The van der Waals surface area contributed by atoms with Gasteiger partial charge < -0.3 is 9.47 Å². The average Bonchev–Trinajstić information content (AvgIpc) is 2.61. The molecule has 0 aliphatic heterocycles. The Labute approximate surface area is 147 Å². The number of ether oxygens (including phenoxy) is 2. The Balaban J connectivity index is 1.77. The molecule has 0 radical (unpaired) electrons. The standard InChI is InChI=1S/C21H19FO3/c1-16(2)21(23)25-15-3-14-24-20-12-8-18(9-13-20)5-4-17-6-10-19(22)11-7-17/h6-13H,1,3,14-15H2,2H3. The van der Waals surface area contributed by atoms with Crippen LogP contribution in [0, 0.1) is 17.7 Å². The maximum absolute atomic E-state index is 12.8. The third-order valence-corrected chi connectivity index (χ3v) is 3.19. The third-order valence-electron chi connectivity index (χ3n) is 3.19. The molecular weight excluding hydrogens is 319 g/mol. The maximum Gasteiger partial charge on any atom is 0.333 e. The molecule has 2 rings (SSSR count). The van der Waals surface area contributed by atoms with Crippen LogP contribution in [0.5, 0.6) is 5.75 Å². The second-order valence-electron chi connectivity index (χ2n) is 5.40. The molecule has 3 nitrogen and oxygen atoms in total. The van der Waals surface area contributed by atoms with E-state index in [4.69, 9.17) is 9.47 Å². The fraction of sp³-hybridized carbons (Fsp3) is 0.190. The normalized spacial score (nSPS) is 9.68. The molecule has 0 bridgehead atoms. The summed E-state index contributed by atoms with van der Waals surface area (Å²) in [5.41, 5.74) is 1.98. The molecule has 0 amide bonds. The van der Waals surface area contributed by atoms with Gasteiger partial charge in [0.2, 0.25) is 0 Å². The summed E-state index contributed by atoms with van der Waals surface area (Å²) in [5, 5.41) is 0. The second-order valence-corrected chi connectivity index (χ2v) is 5.40. The molecular formula is C21H19FO3. The van der Waals surface area contributed by atoms with Gasteiger partial charge in [-0.3, -0.25) is 0 Å². The predicted molar refractivity (Wildman–Crippen MR) is 94.7 cm³/mol. The van der Waals surface area contributed by atoms with E-state index in [1.165, 1.54) is 12.1 Å². The van der Waals surface area contributed by atoms with E-state index >= 15 is 0 Å². The first-order chi connectivity index (χ1) is 12.0. The molecule has 2 aromatic carbocycles.